The van der Waals surface area contributed by atoms with Crippen molar-refractivity contribution < 1.29 is 9.59 Å². The molecule has 1 aromatic carbocycles. The van der Waals surface area contributed by atoms with Gasteiger partial charge < -0.3 is 10.6 Å². The maximum atomic E-state index is 12.4. The molecule has 0 bridgehead atoms. The Kier molecular flexibility index (Phi) is 3.91. The maximum absolute atomic E-state index is 12.4. The summed E-state index contributed by atoms with van der Waals surface area (Å²) in [5.41, 5.74) is -0.546. The summed E-state index contributed by atoms with van der Waals surface area (Å²) in [6.07, 6.45) is 1.20. The van der Waals surface area contributed by atoms with Gasteiger partial charge in [-0.2, -0.15) is 0 Å². The number of carbonyl (C=O) groups excluding carboxylic acids is 2. The van der Waals surface area contributed by atoms with E-state index < -0.39 is 5.41 Å². The van der Waals surface area contributed by atoms with Crippen molar-refractivity contribution in [3.05, 3.63) is 28.7 Å². The molecule has 1 aliphatic carbocycles. The summed E-state index contributed by atoms with van der Waals surface area (Å²) in [6.45, 7) is 5.73. The van der Waals surface area contributed by atoms with Crippen LogP contribution in [0.5, 0.6) is 0 Å². The molecule has 2 rings (SSSR count). The number of hydrogen-bond acceptors (Lipinski definition) is 2. The fourth-order valence-electron chi connectivity index (χ4n) is 1.95. The van der Waals surface area contributed by atoms with E-state index >= 15 is 0 Å². The minimum atomic E-state index is -0.900. The number of halogens is 1. The van der Waals surface area contributed by atoms with Gasteiger partial charge in [-0.05, 0) is 61.7 Å². The first kappa shape index (κ1) is 15.0. The molecule has 1 saturated carbocycles. The van der Waals surface area contributed by atoms with Gasteiger partial charge in [-0.15, -0.1) is 0 Å². The highest BCUT2D eigenvalue weighted by molar-refractivity contribution is 9.10. The normalized spacial score (nSPS) is 16.4. The molecule has 1 aromatic rings. The summed E-state index contributed by atoms with van der Waals surface area (Å²) in [4.78, 5) is 24.7. The van der Waals surface area contributed by atoms with E-state index in [4.69, 9.17) is 0 Å². The van der Waals surface area contributed by atoms with Crippen LogP contribution in [0.2, 0.25) is 0 Å². The van der Waals surface area contributed by atoms with Crippen molar-refractivity contribution in [1.29, 1.82) is 0 Å². The summed E-state index contributed by atoms with van der Waals surface area (Å²) < 4.78 is 0.806. The quantitative estimate of drug-likeness (QED) is 0.832. The van der Waals surface area contributed by atoms with Gasteiger partial charge in [-0.25, -0.2) is 0 Å². The van der Waals surface area contributed by atoms with E-state index in [2.05, 4.69) is 26.6 Å². The van der Waals surface area contributed by atoms with Crippen molar-refractivity contribution in [1.82, 2.24) is 5.32 Å². The van der Waals surface area contributed by atoms with Crippen LogP contribution in [0.25, 0.3) is 0 Å². The second-order valence-corrected chi connectivity index (χ2v) is 7.07. The third-order valence-corrected chi connectivity index (χ3v) is 3.92. The van der Waals surface area contributed by atoms with Gasteiger partial charge in [0, 0.05) is 10.0 Å². The summed E-state index contributed by atoms with van der Waals surface area (Å²) >= 11 is 3.38. The van der Waals surface area contributed by atoms with E-state index in [-0.39, 0.29) is 17.4 Å². The highest BCUT2D eigenvalue weighted by Crippen LogP contribution is 2.47. The molecule has 0 aromatic heterocycles. The predicted molar refractivity (Wildman–Crippen MR) is 82.3 cm³/mol. The Hall–Kier alpha value is -1.36. The summed E-state index contributed by atoms with van der Waals surface area (Å²) in [5.74, 6) is -0.416. The van der Waals surface area contributed by atoms with Crippen LogP contribution in [-0.2, 0) is 9.59 Å². The molecule has 1 aliphatic rings. The molecule has 0 atom stereocenters. The Morgan fingerprint density at radius 3 is 2.25 bits per heavy atom. The maximum Gasteiger partial charge on any atom is 0.240 e. The number of hydrogen-bond donors (Lipinski definition) is 2. The Labute approximate surface area is 127 Å². The Bertz CT molecular complexity index is 545. The van der Waals surface area contributed by atoms with Gasteiger partial charge in [-0.3, -0.25) is 9.59 Å². The van der Waals surface area contributed by atoms with E-state index in [0.29, 0.717) is 18.5 Å². The van der Waals surface area contributed by atoms with E-state index in [0.717, 1.165) is 4.47 Å². The van der Waals surface area contributed by atoms with Crippen molar-refractivity contribution >= 4 is 33.4 Å². The molecule has 0 saturated heterocycles. The Morgan fingerprint density at radius 2 is 1.75 bits per heavy atom. The molecule has 1 fully saturated rings. The molecule has 2 amide bonds. The third-order valence-electron chi connectivity index (χ3n) is 3.23. The lowest BCUT2D eigenvalue weighted by atomic mass is 10.0. The van der Waals surface area contributed by atoms with E-state index in [1.807, 2.05) is 39.0 Å². The predicted octanol–water partition coefficient (Wildman–Crippen LogP) is 3.08. The van der Waals surface area contributed by atoms with Crippen LogP contribution in [-0.4, -0.2) is 17.4 Å². The summed E-state index contributed by atoms with van der Waals surface area (Å²) in [6, 6.07) is 7.37. The molecule has 0 aliphatic heterocycles. The van der Waals surface area contributed by atoms with Gasteiger partial charge in [0.1, 0.15) is 5.41 Å². The van der Waals surface area contributed by atoms with Gasteiger partial charge in [0.2, 0.25) is 11.8 Å². The zero-order valence-electron chi connectivity index (χ0n) is 11.9. The van der Waals surface area contributed by atoms with E-state index in [9.17, 15) is 9.59 Å². The lowest BCUT2D eigenvalue weighted by Gasteiger charge is -2.24. The second-order valence-electron chi connectivity index (χ2n) is 6.22. The molecule has 0 spiro atoms. The van der Waals surface area contributed by atoms with Crippen molar-refractivity contribution in [2.75, 3.05) is 5.32 Å². The highest BCUT2D eigenvalue weighted by atomic mass is 79.9. The SMILES string of the molecule is CC(C)(C)NC(=O)C1(C(=O)Nc2ccccc2Br)CC1. The molecule has 0 unspecified atom stereocenters. The number of nitrogens with one attached hydrogen (secondary N) is 2. The molecular formula is C15H19BrN2O2. The van der Waals surface area contributed by atoms with Gasteiger partial charge >= 0.3 is 0 Å². The molecule has 0 radical (unpaired) electrons. The van der Waals surface area contributed by atoms with Gasteiger partial charge in [-0.1, -0.05) is 12.1 Å². The van der Waals surface area contributed by atoms with Crippen LogP contribution in [0, 0.1) is 5.41 Å². The molecule has 5 heteroatoms. The fraction of sp³-hybridized carbons (Fsp3) is 0.467. The first-order valence-corrected chi connectivity index (χ1v) is 7.42. The van der Waals surface area contributed by atoms with Gasteiger partial charge in [0.15, 0.2) is 0 Å². The van der Waals surface area contributed by atoms with Crippen LogP contribution in [0.4, 0.5) is 5.69 Å². The molecule has 108 valence electrons. The van der Waals surface area contributed by atoms with Crippen molar-refractivity contribution in [2.24, 2.45) is 5.41 Å². The molecule has 4 nitrogen and oxygen atoms in total. The minimum absolute atomic E-state index is 0.186. The lowest BCUT2D eigenvalue weighted by Crippen LogP contribution is -2.48. The number of carbonyl (C=O) groups is 2. The average molecular weight is 339 g/mol. The van der Waals surface area contributed by atoms with Gasteiger partial charge in [0.05, 0.1) is 5.69 Å². The first-order chi connectivity index (χ1) is 9.24. The number of anilines is 1. The summed E-state index contributed by atoms with van der Waals surface area (Å²) in [7, 11) is 0. The lowest BCUT2D eigenvalue weighted by molar-refractivity contribution is -0.135. The number of rotatable bonds is 3. The van der Waals surface area contributed by atoms with Crippen LogP contribution >= 0.6 is 15.9 Å². The van der Waals surface area contributed by atoms with Crippen LogP contribution in [0.1, 0.15) is 33.6 Å². The van der Waals surface area contributed by atoms with Crippen molar-refractivity contribution in [2.45, 2.75) is 39.2 Å². The standard InChI is InChI=1S/C15H19BrN2O2/c1-14(2,3)18-13(20)15(8-9-15)12(19)17-11-7-5-4-6-10(11)16/h4-7H,8-9H2,1-3H3,(H,17,19)(H,18,20). The Balaban J connectivity index is 2.09. The largest absolute Gasteiger partial charge is 0.351 e. The highest BCUT2D eigenvalue weighted by Gasteiger charge is 2.57. The molecule has 0 heterocycles. The summed E-state index contributed by atoms with van der Waals surface area (Å²) in [5, 5.41) is 5.72. The molecular weight excluding hydrogens is 320 g/mol. The number of benzene rings is 1. The topological polar surface area (TPSA) is 58.2 Å². The number of amides is 2. The first-order valence-electron chi connectivity index (χ1n) is 6.63. The van der Waals surface area contributed by atoms with Gasteiger partial charge in [0.25, 0.3) is 0 Å². The average Bonchev–Trinajstić information content (AvgIpc) is 3.11. The molecule has 2 N–H and O–H groups in total. The smallest absolute Gasteiger partial charge is 0.240 e. The second kappa shape index (κ2) is 5.20. The zero-order chi connectivity index (χ0) is 15.0. The monoisotopic (exact) mass is 338 g/mol. The molecule has 20 heavy (non-hydrogen) atoms. The van der Waals surface area contributed by atoms with E-state index in [1.54, 1.807) is 6.07 Å². The van der Waals surface area contributed by atoms with Crippen molar-refractivity contribution in [3.63, 3.8) is 0 Å². The Morgan fingerprint density at radius 1 is 1.15 bits per heavy atom. The minimum Gasteiger partial charge on any atom is -0.351 e. The fourth-order valence-corrected chi connectivity index (χ4v) is 2.33. The van der Waals surface area contributed by atoms with Crippen LogP contribution in [0.15, 0.2) is 28.7 Å². The third kappa shape index (κ3) is 3.20. The zero-order valence-corrected chi connectivity index (χ0v) is 13.5. The van der Waals surface area contributed by atoms with Crippen LogP contribution in [0.3, 0.4) is 0 Å². The van der Waals surface area contributed by atoms with Crippen LogP contribution < -0.4 is 10.6 Å². The van der Waals surface area contributed by atoms with E-state index in [1.165, 1.54) is 0 Å². The van der Waals surface area contributed by atoms with Crippen molar-refractivity contribution in [3.8, 4) is 0 Å². The number of para-hydroxylation sites is 1.